The van der Waals surface area contributed by atoms with Gasteiger partial charge >= 0.3 is 0 Å². The lowest BCUT2D eigenvalue weighted by Gasteiger charge is -2.23. The molecule has 116 valence electrons. The fourth-order valence-electron chi connectivity index (χ4n) is 1.50. The Labute approximate surface area is 129 Å². The third kappa shape index (κ3) is 5.26. The molecular weight excluding hydrogens is 316 g/mol. The average Bonchev–Trinajstić information content (AvgIpc) is 2.43. The van der Waals surface area contributed by atoms with Crippen molar-refractivity contribution in [3.05, 3.63) is 28.8 Å². The van der Waals surface area contributed by atoms with Gasteiger partial charge < -0.3 is 9.84 Å². The second-order valence-electron chi connectivity index (χ2n) is 4.82. The third-order valence-corrected chi connectivity index (χ3v) is 4.57. The Hall–Kier alpha value is -1.17. The number of aliphatic hydroxyl groups is 1. The quantitative estimate of drug-likeness (QED) is 0.783. The van der Waals surface area contributed by atoms with E-state index in [0.29, 0.717) is 13.0 Å². The van der Waals surface area contributed by atoms with Gasteiger partial charge in [-0.15, -0.1) is 0 Å². The number of benzene rings is 1. The summed E-state index contributed by atoms with van der Waals surface area (Å²) in [4.78, 5) is -0.0611. The molecule has 1 atom stereocenters. The van der Waals surface area contributed by atoms with E-state index in [1.807, 2.05) is 6.07 Å². The van der Waals surface area contributed by atoms with Crippen LogP contribution in [0.1, 0.15) is 18.9 Å². The van der Waals surface area contributed by atoms with E-state index in [2.05, 4.69) is 4.72 Å². The summed E-state index contributed by atoms with van der Waals surface area (Å²) in [6.45, 7) is 1.67. The van der Waals surface area contributed by atoms with Crippen molar-refractivity contribution in [3.8, 4) is 6.07 Å². The number of ether oxygens (including phenoxy) is 1. The summed E-state index contributed by atoms with van der Waals surface area (Å²) >= 11 is 5.81. The summed E-state index contributed by atoms with van der Waals surface area (Å²) < 4.78 is 31.4. The predicted octanol–water partition coefficient (Wildman–Crippen LogP) is 1.28. The molecule has 0 bridgehead atoms. The van der Waals surface area contributed by atoms with Gasteiger partial charge in [-0.3, -0.25) is 0 Å². The molecule has 1 aromatic rings. The van der Waals surface area contributed by atoms with E-state index < -0.39 is 15.6 Å². The molecule has 0 fully saturated rings. The van der Waals surface area contributed by atoms with Gasteiger partial charge in [0.1, 0.15) is 6.07 Å². The standard InChI is InChI=1S/C13H17ClN2O4S/c1-13(17,5-6-20-2)9-16-21(18,19)11-4-3-10(8-15)12(14)7-11/h3-4,7,16-17H,5-6,9H2,1-2H3. The molecule has 0 saturated heterocycles. The van der Waals surface area contributed by atoms with Crippen LogP contribution in [0, 0.1) is 11.3 Å². The molecule has 0 aromatic heterocycles. The SMILES string of the molecule is COCCC(C)(O)CNS(=O)(=O)c1ccc(C#N)c(Cl)c1. The first kappa shape index (κ1) is 17.9. The summed E-state index contributed by atoms with van der Waals surface area (Å²) in [6, 6.07) is 5.67. The number of nitrogens with zero attached hydrogens (tertiary/aromatic N) is 1. The molecule has 21 heavy (non-hydrogen) atoms. The second-order valence-corrected chi connectivity index (χ2v) is 6.99. The zero-order valence-corrected chi connectivity index (χ0v) is 13.3. The fraction of sp³-hybridized carbons (Fsp3) is 0.462. The minimum atomic E-state index is -3.81. The Balaban J connectivity index is 2.83. The maximum Gasteiger partial charge on any atom is 0.240 e. The number of sulfonamides is 1. The summed E-state index contributed by atoms with van der Waals surface area (Å²) in [5, 5.41) is 18.8. The van der Waals surface area contributed by atoms with Crippen LogP contribution in [0.4, 0.5) is 0 Å². The molecule has 0 heterocycles. The van der Waals surface area contributed by atoms with Gasteiger partial charge in [0.2, 0.25) is 10.0 Å². The van der Waals surface area contributed by atoms with Crippen molar-refractivity contribution in [1.82, 2.24) is 4.72 Å². The number of nitriles is 1. The topological polar surface area (TPSA) is 99.4 Å². The van der Waals surface area contributed by atoms with Crippen LogP contribution >= 0.6 is 11.6 Å². The number of rotatable bonds is 7. The van der Waals surface area contributed by atoms with E-state index in [1.54, 1.807) is 0 Å². The van der Waals surface area contributed by atoms with E-state index in [9.17, 15) is 13.5 Å². The third-order valence-electron chi connectivity index (χ3n) is 2.86. The molecule has 0 saturated carbocycles. The van der Waals surface area contributed by atoms with Crippen molar-refractivity contribution in [1.29, 1.82) is 5.26 Å². The highest BCUT2D eigenvalue weighted by molar-refractivity contribution is 7.89. The highest BCUT2D eigenvalue weighted by Crippen LogP contribution is 2.20. The van der Waals surface area contributed by atoms with Crippen molar-refractivity contribution in [2.24, 2.45) is 0 Å². The molecule has 0 aliphatic rings. The smallest absolute Gasteiger partial charge is 0.240 e. The van der Waals surface area contributed by atoms with E-state index in [-0.39, 0.29) is 22.0 Å². The van der Waals surface area contributed by atoms with E-state index in [1.165, 1.54) is 32.2 Å². The maximum atomic E-state index is 12.1. The Morgan fingerprint density at radius 3 is 2.71 bits per heavy atom. The van der Waals surface area contributed by atoms with Gasteiger partial charge in [0.25, 0.3) is 0 Å². The lowest BCUT2D eigenvalue weighted by atomic mass is 10.0. The fourth-order valence-corrected chi connectivity index (χ4v) is 2.97. The summed E-state index contributed by atoms with van der Waals surface area (Å²) in [7, 11) is -2.31. The lowest BCUT2D eigenvalue weighted by molar-refractivity contribution is 0.0292. The van der Waals surface area contributed by atoms with Crippen LogP contribution in [0.15, 0.2) is 23.1 Å². The van der Waals surface area contributed by atoms with Crippen LogP contribution < -0.4 is 4.72 Å². The number of halogens is 1. The summed E-state index contributed by atoms with van der Waals surface area (Å²) in [5.74, 6) is 0. The predicted molar refractivity (Wildman–Crippen MR) is 78.5 cm³/mol. The van der Waals surface area contributed by atoms with Gasteiger partial charge in [-0.05, 0) is 25.1 Å². The zero-order valence-electron chi connectivity index (χ0n) is 11.8. The Bertz CT molecular complexity index is 638. The monoisotopic (exact) mass is 332 g/mol. The van der Waals surface area contributed by atoms with Crippen molar-refractivity contribution in [3.63, 3.8) is 0 Å². The Kier molecular flexibility index (Phi) is 6.13. The molecular formula is C13H17ClN2O4S. The molecule has 0 radical (unpaired) electrons. The van der Waals surface area contributed by atoms with Crippen molar-refractivity contribution < 1.29 is 18.3 Å². The van der Waals surface area contributed by atoms with Gasteiger partial charge in [-0.2, -0.15) is 5.26 Å². The molecule has 8 heteroatoms. The van der Waals surface area contributed by atoms with Crippen molar-refractivity contribution in [2.45, 2.75) is 23.8 Å². The molecule has 1 aromatic carbocycles. The summed E-state index contributed by atoms with van der Waals surface area (Å²) in [5.41, 5.74) is -1.03. The van der Waals surface area contributed by atoms with Gasteiger partial charge in [0, 0.05) is 26.7 Å². The van der Waals surface area contributed by atoms with Crippen LogP contribution in [-0.2, 0) is 14.8 Å². The van der Waals surface area contributed by atoms with Gasteiger partial charge in [0.05, 0.1) is 21.1 Å². The number of hydrogen-bond acceptors (Lipinski definition) is 5. The lowest BCUT2D eigenvalue weighted by Crippen LogP contribution is -2.41. The van der Waals surface area contributed by atoms with Gasteiger partial charge in [-0.1, -0.05) is 11.6 Å². The van der Waals surface area contributed by atoms with E-state index in [4.69, 9.17) is 21.6 Å². The maximum absolute atomic E-state index is 12.1. The van der Waals surface area contributed by atoms with Gasteiger partial charge in [-0.25, -0.2) is 13.1 Å². The second kappa shape index (κ2) is 7.20. The highest BCUT2D eigenvalue weighted by atomic mass is 35.5. The van der Waals surface area contributed by atoms with Crippen LogP contribution in [0.5, 0.6) is 0 Å². The van der Waals surface area contributed by atoms with Crippen molar-refractivity contribution >= 4 is 21.6 Å². The van der Waals surface area contributed by atoms with Crippen LogP contribution in [0.2, 0.25) is 5.02 Å². The van der Waals surface area contributed by atoms with Crippen molar-refractivity contribution in [2.75, 3.05) is 20.3 Å². The molecule has 0 aliphatic heterocycles. The largest absolute Gasteiger partial charge is 0.389 e. The molecule has 0 spiro atoms. The normalized spacial score (nSPS) is 14.4. The number of methoxy groups -OCH3 is 1. The van der Waals surface area contributed by atoms with E-state index in [0.717, 1.165) is 0 Å². The number of hydrogen-bond donors (Lipinski definition) is 2. The molecule has 6 nitrogen and oxygen atoms in total. The molecule has 1 rings (SSSR count). The minimum Gasteiger partial charge on any atom is -0.389 e. The van der Waals surface area contributed by atoms with Crippen LogP contribution in [0.3, 0.4) is 0 Å². The zero-order chi connectivity index (χ0) is 16.1. The first-order valence-electron chi connectivity index (χ1n) is 6.12. The highest BCUT2D eigenvalue weighted by Gasteiger charge is 2.24. The Morgan fingerprint density at radius 2 is 2.19 bits per heavy atom. The molecule has 0 amide bonds. The van der Waals surface area contributed by atoms with Gasteiger partial charge in [0.15, 0.2) is 0 Å². The minimum absolute atomic E-state index is 0.0611. The first-order valence-corrected chi connectivity index (χ1v) is 7.98. The van der Waals surface area contributed by atoms with E-state index >= 15 is 0 Å². The average molecular weight is 333 g/mol. The molecule has 1 unspecified atom stereocenters. The first-order chi connectivity index (χ1) is 9.72. The molecule has 0 aliphatic carbocycles. The van der Waals surface area contributed by atoms with Crippen LogP contribution in [-0.4, -0.2) is 39.4 Å². The number of nitrogens with one attached hydrogen (secondary N) is 1. The molecule has 2 N–H and O–H groups in total. The Morgan fingerprint density at radius 1 is 1.52 bits per heavy atom. The summed E-state index contributed by atoms with van der Waals surface area (Å²) in [6.07, 6.45) is 0.292. The van der Waals surface area contributed by atoms with Crippen LogP contribution in [0.25, 0.3) is 0 Å².